The van der Waals surface area contributed by atoms with E-state index in [-0.39, 0.29) is 6.04 Å². The van der Waals surface area contributed by atoms with E-state index in [9.17, 15) is 0 Å². The number of nitrogens with one attached hydrogen (secondary N) is 1. The summed E-state index contributed by atoms with van der Waals surface area (Å²) >= 11 is 3.47. The third kappa shape index (κ3) is 2.82. The number of hydrogen-bond acceptors (Lipinski definition) is 3. The Balaban J connectivity index is 2.48. The number of benzene rings is 1. The smallest absolute Gasteiger partial charge is 0.125 e. The van der Waals surface area contributed by atoms with Crippen molar-refractivity contribution in [1.82, 2.24) is 15.1 Å². The molecule has 1 aromatic heterocycles. The highest BCUT2D eigenvalue weighted by Gasteiger charge is 2.19. The van der Waals surface area contributed by atoms with Crippen LogP contribution in [0.15, 0.2) is 34.9 Å². The van der Waals surface area contributed by atoms with Gasteiger partial charge < -0.3 is 10.1 Å². The van der Waals surface area contributed by atoms with Gasteiger partial charge in [0, 0.05) is 22.8 Å². The zero-order valence-corrected chi connectivity index (χ0v) is 12.9. The van der Waals surface area contributed by atoms with Crippen molar-refractivity contribution >= 4 is 15.9 Å². The third-order valence-electron chi connectivity index (χ3n) is 3.14. The van der Waals surface area contributed by atoms with E-state index in [1.807, 2.05) is 36.1 Å². The molecule has 5 heteroatoms. The highest BCUT2D eigenvalue weighted by molar-refractivity contribution is 9.10. The minimum Gasteiger partial charge on any atom is -0.496 e. The van der Waals surface area contributed by atoms with E-state index in [1.54, 1.807) is 7.11 Å². The highest BCUT2D eigenvalue weighted by atomic mass is 79.9. The van der Waals surface area contributed by atoms with Crippen LogP contribution in [-0.4, -0.2) is 23.9 Å². The van der Waals surface area contributed by atoms with Crippen molar-refractivity contribution in [3.8, 4) is 5.75 Å². The summed E-state index contributed by atoms with van der Waals surface area (Å²) in [7, 11) is 3.63. The fraction of sp³-hybridized carbons (Fsp3) is 0.357. The summed E-state index contributed by atoms with van der Waals surface area (Å²) in [6, 6.07) is 8.16. The summed E-state index contributed by atoms with van der Waals surface area (Å²) < 4.78 is 8.48. The van der Waals surface area contributed by atoms with Gasteiger partial charge in [-0.25, -0.2) is 0 Å². The zero-order chi connectivity index (χ0) is 13.8. The van der Waals surface area contributed by atoms with Gasteiger partial charge in [-0.2, -0.15) is 5.10 Å². The minimum atomic E-state index is 0.0606. The van der Waals surface area contributed by atoms with Crippen molar-refractivity contribution in [2.75, 3.05) is 14.2 Å². The normalized spacial score (nSPS) is 12.4. The second kappa shape index (κ2) is 6.21. The van der Waals surface area contributed by atoms with Crippen LogP contribution in [0.3, 0.4) is 0 Å². The lowest BCUT2D eigenvalue weighted by atomic mass is 10.0. The Morgan fingerprint density at radius 3 is 2.84 bits per heavy atom. The van der Waals surface area contributed by atoms with Crippen molar-refractivity contribution in [3.05, 3.63) is 46.2 Å². The quantitative estimate of drug-likeness (QED) is 0.919. The Morgan fingerprint density at radius 2 is 2.21 bits per heavy atom. The average molecular weight is 324 g/mol. The van der Waals surface area contributed by atoms with Crippen LogP contribution >= 0.6 is 15.9 Å². The van der Waals surface area contributed by atoms with Gasteiger partial charge in [0.15, 0.2) is 0 Å². The first-order valence-electron chi connectivity index (χ1n) is 6.23. The van der Waals surface area contributed by atoms with Crippen molar-refractivity contribution in [2.24, 2.45) is 0 Å². The first-order valence-corrected chi connectivity index (χ1v) is 7.03. The second-order valence-electron chi connectivity index (χ2n) is 4.18. The van der Waals surface area contributed by atoms with Gasteiger partial charge in [0.1, 0.15) is 5.75 Å². The lowest BCUT2D eigenvalue weighted by Crippen LogP contribution is -2.22. The number of aromatic nitrogens is 2. The third-order valence-corrected chi connectivity index (χ3v) is 3.63. The van der Waals surface area contributed by atoms with Gasteiger partial charge in [-0.3, -0.25) is 4.68 Å². The minimum absolute atomic E-state index is 0.0606. The van der Waals surface area contributed by atoms with Crippen LogP contribution in [0.2, 0.25) is 0 Å². The number of nitrogens with zero attached hydrogens (tertiary/aromatic N) is 2. The summed E-state index contributed by atoms with van der Waals surface area (Å²) in [4.78, 5) is 0. The summed E-state index contributed by atoms with van der Waals surface area (Å²) in [6.45, 7) is 2.93. The maximum Gasteiger partial charge on any atom is 0.125 e. The maximum atomic E-state index is 5.48. The van der Waals surface area contributed by atoms with Gasteiger partial charge in [-0.1, -0.05) is 22.0 Å². The average Bonchev–Trinajstić information content (AvgIpc) is 2.89. The lowest BCUT2D eigenvalue weighted by molar-refractivity contribution is 0.403. The summed E-state index contributed by atoms with van der Waals surface area (Å²) in [5, 5.41) is 7.66. The molecule has 0 saturated carbocycles. The lowest BCUT2D eigenvalue weighted by Gasteiger charge is -2.20. The molecule has 0 spiro atoms. The molecule has 1 aromatic carbocycles. The molecule has 102 valence electrons. The van der Waals surface area contributed by atoms with Crippen molar-refractivity contribution in [2.45, 2.75) is 19.5 Å². The molecular formula is C14H18BrN3O. The number of hydrogen-bond donors (Lipinski definition) is 1. The molecule has 0 fully saturated rings. The van der Waals surface area contributed by atoms with Crippen LogP contribution < -0.4 is 10.1 Å². The predicted molar refractivity (Wildman–Crippen MR) is 79.5 cm³/mol. The molecule has 0 radical (unpaired) electrons. The Hall–Kier alpha value is -1.33. The molecule has 1 heterocycles. The molecule has 1 atom stereocenters. The molecule has 0 aliphatic rings. The van der Waals surface area contributed by atoms with E-state index in [0.29, 0.717) is 0 Å². The molecule has 0 aliphatic heterocycles. The molecule has 2 aromatic rings. The molecule has 1 N–H and O–H groups in total. The van der Waals surface area contributed by atoms with Crippen LogP contribution in [-0.2, 0) is 6.54 Å². The topological polar surface area (TPSA) is 39.1 Å². The van der Waals surface area contributed by atoms with E-state index in [1.165, 1.54) is 0 Å². The van der Waals surface area contributed by atoms with Gasteiger partial charge in [-0.05, 0) is 32.2 Å². The monoisotopic (exact) mass is 323 g/mol. The first-order chi connectivity index (χ1) is 9.21. The van der Waals surface area contributed by atoms with E-state index in [2.05, 4.69) is 39.3 Å². The van der Waals surface area contributed by atoms with E-state index < -0.39 is 0 Å². The standard InChI is InChI=1S/C14H18BrN3O/c1-4-18-12(7-8-17-18)14(16-2)11-6-5-10(15)9-13(11)19-3/h5-9,14,16H,4H2,1-3H3. The van der Waals surface area contributed by atoms with Gasteiger partial charge in [0.05, 0.1) is 18.8 Å². The van der Waals surface area contributed by atoms with Gasteiger partial charge in [0.2, 0.25) is 0 Å². The molecule has 1 unspecified atom stereocenters. The summed E-state index contributed by atoms with van der Waals surface area (Å²) in [5.74, 6) is 0.859. The van der Waals surface area contributed by atoms with Crippen molar-refractivity contribution in [1.29, 1.82) is 0 Å². The first kappa shape index (κ1) is 14.1. The molecule has 4 nitrogen and oxygen atoms in total. The molecule has 0 amide bonds. The molecule has 19 heavy (non-hydrogen) atoms. The highest BCUT2D eigenvalue weighted by Crippen LogP contribution is 2.32. The summed E-state index contributed by atoms with van der Waals surface area (Å²) in [6.07, 6.45) is 1.83. The SMILES string of the molecule is CCn1nccc1C(NC)c1ccc(Br)cc1OC. The van der Waals surface area contributed by atoms with E-state index in [0.717, 1.165) is 28.0 Å². The predicted octanol–water partition coefficient (Wildman–Crippen LogP) is 2.98. The van der Waals surface area contributed by atoms with Crippen LogP contribution in [0.5, 0.6) is 5.75 Å². The van der Waals surface area contributed by atoms with Crippen LogP contribution in [0.25, 0.3) is 0 Å². The number of ether oxygens (including phenoxy) is 1. The molecule has 0 saturated heterocycles. The maximum absolute atomic E-state index is 5.48. The molecule has 2 rings (SSSR count). The Kier molecular flexibility index (Phi) is 4.61. The number of halogens is 1. The van der Waals surface area contributed by atoms with Crippen molar-refractivity contribution in [3.63, 3.8) is 0 Å². The fourth-order valence-electron chi connectivity index (χ4n) is 2.24. The largest absolute Gasteiger partial charge is 0.496 e. The van der Waals surface area contributed by atoms with Gasteiger partial charge in [0.25, 0.3) is 0 Å². The Labute approximate surface area is 121 Å². The number of aryl methyl sites for hydroxylation is 1. The number of methoxy groups -OCH3 is 1. The van der Waals surface area contributed by atoms with E-state index in [4.69, 9.17) is 4.74 Å². The fourth-order valence-corrected chi connectivity index (χ4v) is 2.58. The van der Waals surface area contributed by atoms with E-state index >= 15 is 0 Å². The number of rotatable bonds is 5. The van der Waals surface area contributed by atoms with Gasteiger partial charge in [-0.15, -0.1) is 0 Å². The molecular weight excluding hydrogens is 306 g/mol. The van der Waals surface area contributed by atoms with Crippen LogP contribution in [0, 0.1) is 0 Å². The van der Waals surface area contributed by atoms with Crippen LogP contribution in [0.1, 0.15) is 24.2 Å². The molecule has 0 aliphatic carbocycles. The second-order valence-corrected chi connectivity index (χ2v) is 5.10. The van der Waals surface area contributed by atoms with Gasteiger partial charge >= 0.3 is 0 Å². The molecule has 0 bridgehead atoms. The summed E-state index contributed by atoms with van der Waals surface area (Å²) in [5.41, 5.74) is 2.23. The Bertz CT molecular complexity index is 553. The van der Waals surface area contributed by atoms with Crippen molar-refractivity contribution < 1.29 is 4.74 Å². The zero-order valence-electron chi connectivity index (χ0n) is 11.4. The van der Waals surface area contributed by atoms with Crippen LogP contribution in [0.4, 0.5) is 0 Å². The Morgan fingerprint density at radius 1 is 1.42 bits per heavy atom.